The SMILES string of the molecule is CSc1ccc(C(=O)CN(C)CC2CCC2)cc1. The van der Waals surface area contributed by atoms with Crippen LogP contribution in [-0.2, 0) is 0 Å². The number of likely N-dealkylation sites (N-methyl/N-ethyl adjacent to an activating group) is 1. The molecule has 0 spiro atoms. The maximum atomic E-state index is 12.1. The van der Waals surface area contributed by atoms with Crippen molar-refractivity contribution >= 4 is 17.5 Å². The topological polar surface area (TPSA) is 20.3 Å². The summed E-state index contributed by atoms with van der Waals surface area (Å²) in [5.41, 5.74) is 0.827. The van der Waals surface area contributed by atoms with Gasteiger partial charge in [0, 0.05) is 17.0 Å². The molecule has 0 aliphatic heterocycles. The second-order valence-corrected chi connectivity index (χ2v) is 6.03. The Bertz CT molecular complexity index is 397. The van der Waals surface area contributed by atoms with E-state index >= 15 is 0 Å². The van der Waals surface area contributed by atoms with Gasteiger partial charge in [0.1, 0.15) is 0 Å². The number of rotatable bonds is 6. The normalized spacial score (nSPS) is 15.7. The predicted molar refractivity (Wildman–Crippen MR) is 77.4 cm³/mol. The third-order valence-electron chi connectivity index (χ3n) is 3.62. The molecule has 0 saturated heterocycles. The molecule has 98 valence electrons. The summed E-state index contributed by atoms with van der Waals surface area (Å²) in [6, 6.07) is 7.91. The van der Waals surface area contributed by atoms with Crippen molar-refractivity contribution in [3.05, 3.63) is 29.8 Å². The minimum absolute atomic E-state index is 0.226. The van der Waals surface area contributed by atoms with Crippen molar-refractivity contribution in [1.82, 2.24) is 4.90 Å². The van der Waals surface area contributed by atoms with Gasteiger partial charge in [-0.3, -0.25) is 9.69 Å². The molecule has 1 aromatic carbocycles. The molecule has 1 saturated carbocycles. The van der Waals surface area contributed by atoms with Crippen LogP contribution in [0, 0.1) is 5.92 Å². The number of thioether (sulfide) groups is 1. The van der Waals surface area contributed by atoms with Gasteiger partial charge in [-0.05, 0) is 44.2 Å². The van der Waals surface area contributed by atoms with E-state index in [9.17, 15) is 4.79 Å². The van der Waals surface area contributed by atoms with Crippen LogP contribution in [0.15, 0.2) is 29.2 Å². The quantitative estimate of drug-likeness (QED) is 0.580. The number of hydrogen-bond acceptors (Lipinski definition) is 3. The van der Waals surface area contributed by atoms with Gasteiger partial charge in [0.15, 0.2) is 5.78 Å². The molecule has 18 heavy (non-hydrogen) atoms. The Morgan fingerprint density at radius 2 is 2.00 bits per heavy atom. The first-order valence-electron chi connectivity index (χ1n) is 6.55. The molecule has 2 nitrogen and oxygen atoms in total. The van der Waals surface area contributed by atoms with Crippen molar-refractivity contribution in [2.75, 3.05) is 26.4 Å². The van der Waals surface area contributed by atoms with E-state index in [4.69, 9.17) is 0 Å². The van der Waals surface area contributed by atoms with Crippen molar-refractivity contribution in [2.24, 2.45) is 5.92 Å². The standard InChI is InChI=1S/C15H21NOS/c1-16(10-12-4-3-5-12)11-15(17)13-6-8-14(18-2)9-7-13/h6-9,12H,3-5,10-11H2,1-2H3. The minimum Gasteiger partial charge on any atom is -0.299 e. The van der Waals surface area contributed by atoms with Crippen molar-refractivity contribution in [3.63, 3.8) is 0 Å². The van der Waals surface area contributed by atoms with Crippen LogP contribution < -0.4 is 0 Å². The van der Waals surface area contributed by atoms with E-state index in [-0.39, 0.29) is 5.78 Å². The molecule has 0 atom stereocenters. The van der Waals surface area contributed by atoms with Crippen molar-refractivity contribution in [1.29, 1.82) is 0 Å². The fraction of sp³-hybridized carbons (Fsp3) is 0.533. The van der Waals surface area contributed by atoms with Crippen LogP contribution >= 0.6 is 11.8 Å². The van der Waals surface area contributed by atoms with E-state index in [1.54, 1.807) is 11.8 Å². The van der Waals surface area contributed by atoms with E-state index in [0.717, 1.165) is 18.0 Å². The molecule has 3 heteroatoms. The fourth-order valence-electron chi connectivity index (χ4n) is 2.29. The maximum absolute atomic E-state index is 12.1. The lowest BCUT2D eigenvalue weighted by molar-refractivity contribution is 0.0925. The first-order chi connectivity index (χ1) is 8.69. The van der Waals surface area contributed by atoms with Crippen LogP contribution in [0.3, 0.4) is 0 Å². The molecule has 0 amide bonds. The van der Waals surface area contributed by atoms with Gasteiger partial charge in [-0.2, -0.15) is 0 Å². The summed E-state index contributed by atoms with van der Waals surface area (Å²) in [4.78, 5) is 15.5. The van der Waals surface area contributed by atoms with E-state index < -0.39 is 0 Å². The van der Waals surface area contributed by atoms with Crippen LogP contribution in [0.1, 0.15) is 29.6 Å². The Labute approximate surface area is 114 Å². The molecule has 0 aromatic heterocycles. The molecule has 0 bridgehead atoms. The second-order valence-electron chi connectivity index (χ2n) is 5.15. The van der Waals surface area contributed by atoms with Crippen molar-refractivity contribution in [2.45, 2.75) is 24.2 Å². The van der Waals surface area contributed by atoms with Gasteiger partial charge >= 0.3 is 0 Å². The number of Topliss-reactive ketones (excluding diaryl/α,β-unsaturated/α-hetero) is 1. The third-order valence-corrected chi connectivity index (χ3v) is 4.36. The van der Waals surface area contributed by atoms with Gasteiger partial charge < -0.3 is 0 Å². The summed E-state index contributed by atoms with van der Waals surface area (Å²) in [5.74, 6) is 1.05. The molecular formula is C15H21NOS. The largest absolute Gasteiger partial charge is 0.299 e. The highest BCUT2D eigenvalue weighted by atomic mass is 32.2. The van der Waals surface area contributed by atoms with E-state index in [2.05, 4.69) is 4.90 Å². The Hall–Kier alpha value is -0.800. The van der Waals surface area contributed by atoms with E-state index in [1.165, 1.54) is 24.2 Å². The smallest absolute Gasteiger partial charge is 0.176 e. The zero-order valence-electron chi connectivity index (χ0n) is 11.2. The molecule has 1 fully saturated rings. The van der Waals surface area contributed by atoms with Gasteiger partial charge in [-0.25, -0.2) is 0 Å². The molecule has 2 rings (SSSR count). The molecule has 0 unspecified atom stereocenters. The highest BCUT2D eigenvalue weighted by Crippen LogP contribution is 2.26. The van der Waals surface area contributed by atoms with Crippen molar-refractivity contribution < 1.29 is 4.79 Å². The monoisotopic (exact) mass is 263 g/mol. The molecule has 1 aliphatic carbocycles. The fourth-order valence-corrected chi connectivity index (χ4v) is 2.70. The molecule has 0 N–H and O–H groups in total. The van der Waals surface area contributed by atoms with Crippen LogP contribution in [0.25, 0.3) is 0 Å². The molecule has 0 radical (unpaired) electrons. The van der Waals surface area contributed by atoms with Gasteiger partial charge in [-0.15, -0.1) is 11.8 Å². The Balaban J connectivity index is 1.85. The highest BCUT2D eigenvalue weighted by molar-refractivity contribution is 7.98. The Kier molecular flexibility index (Phi) is 4.84. The Morgan fingerprint density at radius 1 is 1.33 bits per heavy atom. The van der Waals surface area contributed by atoms with Gasteiger partial charge in [0.2, 0.25) is 0 Å². The lowest BCUT2D eigenvalue weighted by Crippen LogP contribution is -2.33. The first-order valence-corrected chi connectivity index (χ1v) is 7.77. The summed E-state index contributed by atoms with van der Waals surface area (Å²) in [6.07, 6.45) is 6.08. The van der Waals surface area contributed by atoms with Crippen molar-refractivity contribution in [3.8, 4) is 0 Å². The van der Waals surface area contributed by atoms with Crippen LogP contribution in [0.2, 0.25) is 0 Å². The molecule has 1 aliphatic rings. The summed E-state index contributed by atoms with van der Waals surface area (Å²) < 4.78 is 0. The molecule has 0 heterocycles. The second kappa shape index (κ2) is 6.39. The number of hydrogen-bond donors (Lipinski definition) is 0. The first kappa shape index (κ1) is 13.6. The Morgan fingerprint density at radius 3 is 2.50 bits per heavy atom. The summed E-state index contributed by atoms with van der Waals surface area (Å²) in [6.45, 7) is 1.60. The number of ketones is 1. The van der Waals surface area contributed by atoms with E-state index in [1.807, 2.05) is 37.6 Å². The number of carbonyl (C=O) groups is 1. The molecular weight excluding hydrogens is 242 g/mol. The van der Waals surface area contributed by atoms with Crippen LogP contribution in [0.4, 0.5) is 0 Å². The summed E-state index contributed by atoms with van der Waals surface area (Å²) in [7, 11) is 2.05. The number of benzene rings is 1. The van der Waals surface area contributed by atoms with Gasteiger partial charge in [-0.1, -0.05) is 18.6 Å². The number of nitrogens with zero attached hydrogens (tertiary/aromatic N) is 1. The third kappa shape index (κ3) is 3.59. The van der Waals surface area contributed by atoms with Gasteiger partial charge in [0.25, 0.3) is 0 Å². The number of carbonyl (C=O) groups excluding carboxylic acids is 1. The lowest BCUT2D eigenvalue weighted by atomic mass is 9.85. The lowest BCUT2D eigenvalue weighted by Gasteiger charge is -2.29. The zero-order chi connectivity index (χ0) is 13.0. The average Bonchev–Trinajstić information content (AvgIpc) is 2.34. The van der Waals surface area contributed by atoms with Crippen LogP contribution in [-0.4, -0.2) is 37.1 Å². The van der Waals surface area contributed by atoms with Crippen LogP contribution in [0.5, 0.6) is 0 Å². The van der Waals surface area contributed by atoms with Gasteiger partial charge in [0.05, 0.1) is 6.54 Å². The summed E-state index contributed by atoms with van der Waals surface area (Å²) in [5, 5.41) is 0. The van der Waals surface area contributed by atoms with E-state index in [0.29, 0.717) is 6.54 Å². The predicted octanol–water partition coefficient (Wildman–Crippen LogP) is 3.32. The average molecular weight is 263 g/mol. The maximum Gasteiger partial charge on any atom is 0.176 e. The zero-order valence-corrected chi connectivity index (χ0v) is 12.0. The highest BCUT2D eigenvalue weighted by Gasteiger charge is 2.20. The minimum atomic E-state index is 0.226. The summed E-state index contributed by atoms with van der Waals surface area (Å²) >= 11 is 1.70. The molecule has 1 aromatic rings.